The molecule has 1 fully saturated rings. The highest BCUT2D eigenvalue weighted by Gasteiger charge is 2.36. The van der Waals surface area contributed by atoms with E-state index in [4.69, 9.17) is 5.11 Å². The van der Waals surface area contributed by atoms with Gasteiger partial charge < -0.3 is 20.0 Å². The number of H-pyrrole nitrogens is 2. The average molecular weight is 261 g/mol. The minimum absolute atomic E-state index is 0.218. The van der Waals surface area contributed by atoms with E-state index in [1.165, 1.54) is 0 Å². The average Bonchev–Trinajstić information content (AvgIpc) is 2.65. The number of aliphatic carboxylic acids is 1. The molecule has 0 spiro atoms. The van der Waals surface area contributed by atoms with Crippen molar-refractivity contribution in [3.63, 3.8) is 0 Å². The van der Waals surface area contributed by atoms with Gasteiger partial charge in [0.1, 0.15) is 0 Å². The van der Waals surface area contributed by atoms with Crippen molar-refractivity contribution < 1.29 is 9.90 Å². The third-order valence-electron chi connectivity index (χ3n) is 3.92. The fourth-order valence-corrected chi connectivity index (χ4v) is 2.56. The van der Waals surface area contributed by atoms with Gasteiger partial charge in [0.2, 0.25) is 0 Å². The molecular weight excluding hydrogens is 246 g/mol. The maximum Gasteiger partial charge on any atom is 0.323 e. The molecule has 0 amide bonds. The predicted octanol–water partition coefficient (Wildman–Crippen LogP) is 1.16. The van der Waals surface area contributed by atoms with Gasteiger partial charge in [-0.25, -0.2) is 4.79 Å². The summed E-state index contributed by atoms with van der Waals surface area (Å²) in [7, 11) is 1.95. The van der Waals surface area contributed by atoms with E-state index in [2.05, 4.69) is 14.9 Å². The molecule has 0 bridgehead atoms. The second-order valence-corrected chi connectivity index (χ2v) is 5.08. The SMILES string of the molecule is CN(c1ccc2[nH]c(=O)[nH]c2c1)C1CC(C(=O)O)C1. The molecule has 19 heavy (non-hydrogen) atoms. The van der Waals surface area contributed by atoms with Crippen molar-refractivity contribution >= 4 is 22.7 Å². The Hall–Kier alpha value is -2.24. The first-order chi connectivity index (χ1) is 9.04. The van der Waals surface area contributed by atoms with Gasteiger partial charge in [0.15, 0.2) is 0 Å². The van der Waals surface area contributed by atoms with Gasteiger partial charge in [-0.05, 0) is 31.0 Å². The van der Waals surface area contributed by atoms with Crippen molar-refractivity contribution in [1.29, 1.82) is 0 Å². The molecule has 0 atom stereocenters. The molecule has 1 aromatic heterocycles. The number of hydrogen-bond acceptors (Lipinski definition) is 3. The van der Waals surface area contributed by atoms with Crippen LogP contribution in [0, 0.1) is 5.92 Å². The summed E-state index contributed by atoms with van der Waals surface area (Å²) in [5, 5.41) is 8.89. The third kappa shape index (κ3) is 1.99. The van der Waals surface area contributed by atoms with Crippen molar-refractivity contribution in [2.75, 3.05) is 11.9 Å². The summed E-state index contributed by atoms with van der Waals surface area (Å²) in [5.74, 6) is -0.932. The Morgan fingerprint density at radius 3 is 2.68 bits per heavy atom. The van der Waals surface area contributed by atoms with Gasteiger partial charge in [0.25, 0.3) is 0 Å². The van der Waals surface area contributed by atoms with E-state index in [9.17, 15) is 9.59 Å². The molecule has 0 aliphatic heterocycles. The largest absolute Gasteiger partial charge is 0.481 e. The molecule has 0 radical (unpaired) electrons. The Kier molecular flexibility index (Phi) is 2.58. The topological polar surface area (TPSA) is 89.2 Å². The van der Waals surface area contributed by atoms with Gasteiger partial charge in [-0.15, -0.1) is 0 Å². The number of carbonyl (C=O) groups is 1. The van der Waals surface area contributed by atoms with Crippen LogP contribution in [0.5, 0.6) is 0 Å². The Bertz CT molecular complexity index is 682. The van der Waals surface area contributed by atoms with Crippen LogP contribution in [0.4, 0.5) is 5.69 Å². The summed E-state index contributed by atoms with van der Waals surface area (Å²) in [4.78, 5) is 29.5. The quantitative estimate of drug-likeness (QED) is 0.773. The molecule has 2 aromatic rings. The maximum absolute atomic E-state index is 11.2. The van der Waals surface area contributed by atoms with E-state index in [0.29, 0.717) is 12.8 Å². The second kappa shape index (κ2) is 4.15. The zero-order valence-corrected chi connectivity index (χ0v) is 10.5. The van der Waals surface area contributed by atoms with Crippen molar-refractivity contribution in [1.82, 2.24) is 9.97 Å². The lowest BCUT2D eigenvalue weighted by atomic mass is 9.79. The van der Waals surface area contributed by atoms with E-state index >= 15 is 0 Å². The second-order valence-electron chi connectivity index (χ2n) is 5.08. The third-order valence-corrected chi connectivity index (χ3v) is 3.92. The number of anilines is 1. The summed E-state index contributed by atoms with van der Waals surface area (Å²) in [6.45, 7) is 0. The molecule has 1 aliphatic carbocycles. The molecule has 0 saturated heterocycles. The number of nitrogens with one attached hydrogen (secondary N) is 2. The molecule has 3 N–H and O–H groups in total. The van der Waals surface area contributed by atoms with Gasteiger partial charge in [-0.3, -0.25) is 4.79 Å². The highest BCUT2D eigenvalue weighted by molar-refractivity contribution is 5.79. The number of hydrogen-bond donors (Lipinski definition) is 3. The number of aromatic amines is 2. The Labute approximate surface area is 109 Å². The number of benzene rings is 1. The first-order valence-corrected chi connectivity index (χ1v) is 6.22. The van der Waals surface area contributed by atoms with Gasteiger partial charge in [-0.2, -0.15) is 0 Å². The molecule has 0 unspecified atom stereocenters. The van der Waals surface area contributed by atoms with E-state index in [0.717, 1.165) is 16.7 Å². The minimum Gasteiger partial charge on any atom is -0.481 e. The summed E-state index contributed by atoms with van der Waals surface area (Å²) in [6.07, 6.45) is 1.35. The molecule has 6 nitrogen and oxygen atoms in total. The van der Waals surface area contributed by atoms with Crippen LogP contribution >= 0.6 is 0 Å². The van der Waals surface area contributed by atoms with Crippen LogP contribution in [0.1, 0.15) is 12.8 Å². The lowest BCUT2D eigenvalue weighted by Gasteiger charge is -2.40. The van der Waals surface area contributed by atoms with Crippen LogP contribution in [0.15, 0.2) is 23.0 Å². The molecule has 1 aromatic carbocycles. The highest BCUT2D eigenvalue weighted by Crippen LogP contribution is 2.34. The highest BCUT2D eigenvalue weighted by atomic mass is 16.4. The Morgan fingerprint density at radius 1 is 1.32 bits per heavy atom. The Morgan fingerprint density at radius 2 is 2.00 bits per heavy atom. The molecule has 100 valence electrons. The van der Waals surface area contributed by atoms with Crippen LogP contribution in [0.2, 0.25) is 0 Å². The molecular formula is C13H15N3O3. The predicted molar refractivity (Wildman–Crippen MR) is 71.5 cm³/mol. The van der Waals surface area contributed by atoms with Crippen LogP contribution in [0.3, 0.4) is 0 Å². The first kappa shape index (κ1) is 11.8. The van der Waals surface area contributed by atoms with E-state index in [1.54, 1.807) is 0 Å². The zero-order chi connectivity index (χ0) is 13.6. The molecule has 1 heterocycles. The van der Waals surface area contributed by atoms with Crippen LogP contribution < -0.4 is 10.6 Å². The van der Waals surface area contributed by atoms with E-state index in [1.807, 2.05) is 25.2 Å². The van der Waals surface area contributed by atoms with E-state index < -0.39 is 5.97 Å². The van der Waals surface area contributed by atoms with Gasteiger partial charge in [-0.1, -0.05) is 0 Å². The monoisotopic (exact) mass is 261 g/mol. The molecule has 1 saturated carbocycles. The molecule has 3 rings (SSSR count). The standard InChI is InChI=1S/C13H15N3O3/c1-16(9-4-7(5-9)12(17)18)8-2-3-10-11(6-8)15-13(19)14-10/h2-3,6-7,9H,4-5H2,1H3,(H,17,18)(H2,14,15,19). The zero-order valence-electron chi connectivity index (χ0n) is 10.5. The first-order valence-electron chi connectivity index (χ1n) is 6.22. The molecule has 6 heteroatoms. The number of nitrogens with zero attached hydrogens (tertiary/aromatic N) is 1. The Balaban J connectivity index is 1.80. The van der Waals surface area contributed by atoms with Crippen molar-refractivity contribution in [3.05, 3.63) is 28.7 Å². The number of aromatic nitrogens is 2. The van der Waals surface area contributed by atoms with Gasteiger partial charge in [0, 0.05) is 18.8 Å². The van der Waals surface area contributed by atoms with Crippen LogP contribution in [-0.2, 0) is 4.79 Å². The summed E-state index contributed by atoms with van der Waals surface area (Å²) >= 11 is 0. The lowest BCUT2D eigenvalue weighted by molar-refractivity contribution is -0.145. The minimum atomic E-state index is -0.713. The van der Waals surface area contributed by atoms with E-state index in [-0.39, 0.29) is 17.6 Å². The molecule has 1 aliphatic rings. The van der Waals surface area contributed by atoms with Crippen molar-refractivity contribution in [3.8, 4) is 0 Å². The van der Waals surface area contributed by atoms with Gasteiger partial charge in [0.05, 0.1) is 17.0 Å². The number of rotatable bonds is 3. The van der Waals surface area contributed by atoms with Crippen molar-refractivity contribution in [2.45, 2.75) is 18.9 Å². The summed E-state index contributed by atoms with van der Waals surface area (Å²) in [6, 6.07) is 5.94. The summed E-state index contributed by atoms with van der Waals surface area (Å²) < 4.78 is 0. The lowest BCUT2D eigenvalue weighted by Crippen LogP contribution is -2.45. The van der Waals surface area contributed by atoms with Gasteiger partial charge >= 0.3 is 11.7 Å². The van der Waals surface area contributed by atoms with Crippen LogP contribution in [-0.4, -0.2) is 34.1 Å². The number of carboxylic acid groups (broad SMARTS) is 1. The number of imidazole rings is 1. The maximum atomic E-state index is 11.2. The normalized spacial score (nSPS) is 22.2. The smallest absolute Gasteiger partial charge is 0.323 e. The van der Waals surface area contributed by atoms with Crippen molar-refractivity contribution in [2.24, 2.45) is 5.92 Å². The number of fused-ring (bicyclic) bond motifs is 1. The fraction of sp³-hybridized carbons (Fsp3) is 0.385. The number of carboxylic acids is 1. The van der Waals surface area contributed by atoms with Crippen LogP contribution in [0.25, 0.3) is 11.0 Å². The fourth-order valence-electron chi connectivity index (χ4n) is 2.56. The summed E-state index contributed by atoms with van der Waals surface area (Å²) in [5.41, 5.74) is 2.31.